The molecule has 26 heavy (non-hydrogen) atoms. The molecule has 2 aromatic heterocycles. The Balaban J connectivity index is 2.04. The molecule has 2 N–H and O–H groups in total. The van der Waals surface area contributed by atoms with E-state index < -0.39 is 11.3 Å². The number of hydrogen-bond donors (Lipinski definition) is 1. The van der Waals surface area contributed by atoms with E-state index in [0.717, 1.165) is 0 Å². The molecule has 6 heteroatoms. The van der Waals surface area contributed by atoms with Crippen LogP contribution in [0.2, 0.25) is 0 Å². The fourth-order valence-electron chi connectivity index (χ4n) is 2.92. The van der Waals surface area contributed by atoms with Gasteiger partial charge in [0, 0.05) is 28.1 Å². The number of para-hydroxylation sites is 1. The highest BCUT2D eigenvalue weighted by atomic mass is 16.4. The number of ketones is 1. The standard InChI is InChI=1S/C20H13NO5/c1-10(22)15-8-12-3-2-4-14(18(12)26-19(15)23)16-7-11-5-6-13(21)9-17(11)25-20(16)24/h2-9H,21H2,1H3. The molecule has 4 aromatic rings. The molecule has 0 saturated heterocycles. The zero-order valence-electron chi connectivity index (χ0n) is 13.7. The first-order valence-electron chi connectivity index (χ1n) is 7.85. The van der Waals surface area contributed by atoms with Gasteiger partial charge in [0.15, 0.2) is 5.78 Å². The molecule has 0 unspecified atom stereocenters. The van der Waals surface area contributed by atoms with Crippen molar-refractivity contribution in [3.05, 3.63) is 74.9 Å². The van der Waals surface area contributed by atoms with E-state index in [2.05, 4.69) is 0 Å². The quantitative estimate of drug-likeness (QED) is 0.339. The molecule has 2 aromatic carbocycles. The van der Waals surface area contributed by atoms with Gasteiger partial charge in [-0.05, 0) is 31.2 Å². The van der Waals surface area contributed by atoms with E-state index >= 15 is 0 Å². The lowest BCUT2D eigenvalue weighted by Crippen LogP contribution is -2.11. The Morgan fingerprint density at radius 2 is 1.69 bits per heavy atom. The van der Waals surface area contributed by atoms with Crippen LogP contribution in [0.4, 0.5) is 5.69 Å². The number of benzene rings is 2. The molecule has 6 nitrogen and oxygen atoms in total. The second kappa shape index (κ2) is 5.70. The summed E-state index contributed by atoms with van der Waals surface area (Å²) in [4.78, 5) is 36.1. The maximum Gasteiger partial charge on any atom is 0.347 e. The molecule has 0 spiro atoms. The van der Waals surface area contributed by atoms with Crippen LogP contribution in [0.1, 0.15) is 17.3 Å². The maximum atomic E-state index is 12.5. The third-order valence-electron chi connectivity index (χ3n) is 4.19. The van der Waals surface area contributed by atoms with Crippen molar-refractivity contribution in [3.8, 4) is 11.1 Å². The van der Waals surface area contributed by atoms with Crippen LogP contribution in [0.3, 0.4) is 0 Å². The largest absolute Gasteiger partial charge is 0.422 e. The number of carbonyl (C=O) groups is 1. The van der Waals surface area contributed by atoms with Gasteiger partial charge in [0.2, 0.25) is 0 Å². The van der Waals surface area contributed by atoms with E-state index in [-0.39, 0.29) is 22.5 Å². The minimum atomic E-state index is -0.740. The van der Waals surface area contributed by atoms with Crippen molar-refractivity contribution >= 4 is 33.4 Å². The second-order valence-corrected chi connectivity index (χ2v) is 5.97. The number of nitrogen functional groups attached to an aromatic ring is 1. The lowest BCUT2D eigenvalue weighted by atomic mass is 10.0. The Kier molecular flexibility index (Phi) is 3.47. The summed E-state index contributed by atoms with van der Waals surface area (Å²) in [5.41, 5.74) is 6.13. The molecule has 0 saturated carbocycles. The highest BCUT2D eigenvalue weighted by molar-refractivity contribution is 5.99. The number of Topliss-reactive ketones (excluding diaryl/α,β-unsaturated/α-hetero) is 1. The van der Waals surface area contributed by atoms with E-state index in [9.17, 15) is 14.4 Å². The zero-order valence-corrected chi connectivity index (χ0v) is 13.7. The zero-order chi connectivity index (χ0) is 18.4. The molecular weight excluding hydrogens is 334 g/mol. The first-order chi connectivity index (χ1) is 12.4. The van der Waals surface area contributed by atoms with Crippen molar-refractivity contribution in [2.45, 2.75) is 6.92 Å². The molecule has 0 radical (unpaired) electrons. The van der Waals surface area contributed by atoms with Crippen molar-refractivity contribution < 1.29 is 13.6 Å². The van der Waals surface area contributed by atoms with Gasteiger partial charge in [-0.25, -0.2) is 9.59 Å². The van der Waals surface area contributed by atoms with Gasteiger partial charge in [-0.3, -0.25) is 4.79 Å². The highest BCUT2D eigenvalue weighted by Gasteiger charge is 2.16. The van der Waals surface area contributed by atoms with Crippen molar-refractivity contribution in [1.82, 2.24) is 0 Å². The Hall–Kier alpha value is -3.67. The van der Waals surface area contributed by atoms with E-state index in [4.69, 9.17) is 14.6 Å². The average molecular weight is 347 g/mol. The van der Waals surface area contributed by atoms with Gasteiger partial charge < -0.3 is 14.6 Å². The van der Waals surface area contributed by atoms with Crippen LogP contribution in [-0.2, 0) is 0 Å². The number of anilines is 1. The number of carbonyl (C=O) groups excluding carboxylic acids is 1. The van der Waals surface area contributed by atoms with Gasteiger partial charge in [-0.1, -0.05) is 18.2 Å². The van der Waals surface area contributed by atoms with Gasteiger partial charge in [0.1, 0.15) is 16.7 Å². The maximum absolute atomic E-state index is 12.5. The van der Waals surface area contributed by atoms with Gasteiger partial charge in [0.05, 0.1) is 5.56 Å². The summed E-state index contributed by atoms with van der Waals surface area (Å²) < 4.78 is 10.7. The second-order valence-electron chi connectivity index (χ2n) is 5.97. The predicted molar refractivity (Wildman–Crippen MR) is 98.4 cm³/mol. The minimum absolute atomic E-state index is 0.0318. The summed E-state index contributed by atoms with van der Waals surface area (Å²) in [5, 5.41) is 1.23. The Bertz CT molecular complexity index is 1310. The molecule has 0 aliphatic heterocycles. The Morgan fingerprint density at radius 1 is 0.885 bits per heavy atom. The lowest BCUT2D eigenvalue weighted by Gasteiger charge is -2.07. The third-order valence-corrected chi connectivity index (χ3v) is 4.19. The Labute approximate surface area is 146 Å². The first kappa shape index (κ1) is 15.8. The Morgan fingerprint density at radius 3 is 2.46 bits per heavy atom. The third kappa shape index (κ3) is 2.48. The van der Waals surface area contributed by atoms with E-state index in [1.54, 1.807) is 42.5 Å². The fourth-order valence-corrected chi connectivity index (χ4v) is 2.92. The summed E-state index contributed by atoms with van der Waals surface area (Å²) in [6.07, 6.45) is 0. The van der Waals surface area contributed by atoms with E-state index in [1.165, 1.54) is 13.0 Å². The van der Waals surface area contributed by atoms with Crippen LogP contribution in [0, 0.1) is 0 Å². The van der Waals surface area contributed by atoms with Gasteiger partial charge >= 0.3 is 11.3 Å². The molecule has 0 aliphatic carbocycles. The number of nitrogens with two attached hydrogens (primary N) is 1. The summed E-state index contributed by atoms with van der Waals surface area (Å²) in [6.45, 7) is 1.30. The van der Waals surface area contributed by atoms with Crippen molar-refractivity contribution in [2.24, 2.45) is 0 Å². The molecule has 0 amide bonds. The average Bonchev–Trinajstić information content (AvgIpc) is 2.60. The number of rotatable bonds is 2. The van der Waals surface area contributed by atoms with Crippen LogP contribution in [0.15, 0.2) is 67.0 Å². The van der Waals surface area contributed by atoms with Crippen LogP contribution in [0.5, 0.6) is 0 Å². The molecule has 0 fully saturated rings. The topological polar surface area (TPSA) is 104 Å². The SMILES string of the molecule is CC(=O)c1cc2cccc(-c3cc4ccc(N)cc4oc3=O)c2oc1=O. The predicted octanol–water partition coefficient (Wildman–Crippen LogP) is 3.35. The van der Waals surface area contributed by atoms with Crippen LogP contribution in [-0.4, -0.2) is 5.78 Å². The smallest absolute Gasteiger partial charge is 0.347 e. The summed E-state index contributed by atoms with van der Waals surface area (Å²) in [5.74, 6) is -0.381. The normalized spacial score (nSPS) is 11.1. The minimum Gasteiger partial charge on any atom is -0.422 e. The van der Waals surface area contributed by atoms with Gasteiger partial charge in [0.25, 0.3) is 0 Å². The van der Waals surface area contributed by atoms with E-state index in [1.807, 2.05) is 0 Å². The first-order valence-corrected chi connectivity index (χ1v) is 7.85. The monoisotopic (exact) mass is 347 g/mol. The van der Waals surface area contributed by atoms with Crippen LogP contribution in [0.25, 0.3) is 33.1 Å². The van der Waals surface area contributed by atoms with Crippen molar-refractivity contribution in [3.63, 3.8) is 0 Å². The summed E-state index contributed by atoms with van der Waals surface area (Å²) >= 11 is 0. The van der Waals surface area contributed by atoms with Crippen molar-refractivity contribution in [2.75, 3.05) is 5.73 Å². The van der Waals surface area contributed by atoms with Gasteiger partial charge in [-0.15, -0.1) is 0 Å². The molecular formula is C20H13NO5. The molecule has 2 heterocycles. The summed E-state index contributed by atoms with van der Waals surface area (Å²) in [6, 6.07) is 13.2. The molecule has 0 atom stereocenters. The molecule has 4 rings (SSSR count). The molecule has 0 aliphatic rings. The highest BCUT2D eigenvalue weighted by Crippen LogP contribution is 2.28. The number of hydrogen-bond acceptors (Lipinski definition) is 6. The summed E-state index contributed by atoms with van der Waals surface area (Å²) in [7, 11) is 0. The van der Waals surface area contributed by atoms with Gasteiger partial charge in [-0.2, -0.15) is 0 Å². The number of fused-ring (bicyclic) bond motifs is 2. The van der Waals surface area contributed by atoms with Crippen LogP contribution >= 0.6 is 0 Å². The molecule has 0 bridgehead atoms. The van der Waals surface area contributed by atoms with E-state index in [0.29, 0.717) is 27.6 Å². The fraction of sp³-hybridized carbons (Fsp3) is 0.0500. The molecule has 128 valence electrons. The van der Waals surface area contributed by atoms with Crippen molar-refractivity contribution in [1.29, 1.82) is 0 Å². The van der Waals surface area contributed by atoms with Crippen LogP contribution < -0.4 is 17.0 Å². The lowest BCUT2D eigenvalue weighted by molar-refractivity contribution is 0.101.